The van der Waals surface area contributed by atoms with E-state index in [9.17, 15) is 0 Å². The fourth-order valence-electron chi connectivity index (χ4n) is 3.44. The second-order valence-electron chi connectivity index (χ2n) is 5.23. The monoisotopic (exact) mass is 241 g/mol. The molecule has 1 aromatic carbocycles. The van der Waals surface area contributed by atoms with E-state index >= 15 is 0 Å². The molecule has 0 bridgehead atoms. The predicted octanol–water partition coefficient (Wildman–Crippen LogP) is 2.86. The van der Waals surface area contributed by atoms with Crippen LogP contribution in [-0.2, 0) is 12.5 Å². The number of nitrogens with zero attached hydrogens (tertiary/aromatic N) is 2. The Labute approximate surface area is 108 Å². The van der Waals surface area contributed by atoms with Crippen molar-refractivity contribution in [1.29, 1.82) is 0 Å². The highest BCUT2D eigenvalue weighted by molar-refractivity contribution is 5.51. The van der Waals surface area contributed by atoms with Crippen LogP contribution in [0.25, 0.3) is 0 Å². The van der Waals surface area contributed by atoms with Crippen molar-refractivity contribution in [2.24, 2.45) is 7.05 Å². The van der Waals surface area contributed by atoms with Crippen LogP contribution in [0.5, 0.6) is 0 Å². The Bertz CT molecular complexity index is 517. The number of nitrogens with two attached hydrogens (primary N) is 1. The number of nitrogen functional groups attached to an aromatic ring is 1. The number of aryl methyl sites for hydroxylation is 1. The van der Waals surface area contributed by atoms with Crippen LogP contribution in [0.4, 0.5) is 5.69 Å². The van der Waals surface area contributed by atoms with Crippen molar-refractivity contribution in [3.63, 3.8) is 0 Å². The lowest BCUT2D eigenvalue weighted by atomic mass is 9.75. The van der Waals surface area contributed by atoms with Crippen molar-refractivity contribution in [3.05, 3.63) is 47.8 Å². The molecule has 1 saturated carbocycles. The minimum absolute atomic E-state index is 0.0661. The largest absolute Gasteiger partial charge is 0.396 e. The predicted molar refractivity (Wildman–Crippen MR) is 73.3 cm³/mol. The fraction of sp³-hybridized carbons (Fsp3) is 0.400. The molecule has 0 atom stereocenters. The van der Waals surface area contributed by atoms with Crippen molar-refractivity contribution < 1.29 is 0 Å². The molecule has 0 saturated heterocycles. The number of rotatable bonds is 2. The molecule has 3 nitrogen and oxygen atoms in total. The molecule has 1 heterocycles. The van der Waals surface area contributed by atoms with E-state index in [0.717, 1.165) is 5.69 Å². The van der Waals surface area contributed by atoms with Crippen LogP contribution in [0.2, 0.25) is 0 Å². The molecule has 0 spiro atoms. The van der Waals surface area contributed by atoms with Gasteiger partial charge in [-0.15, -0.1) is 0 Å². The Morgan fingerprint density at radius 3 is 2.39 bits per heavy atom. The average Bonchev–Trinajstić information content (AvgIpc) is 2.99. The first kappa shape index (κ1) is 11.3. The van der Waals surface area contributed by atoms with Crippen LogP contribution in [0.15, 0.2) is 36.5 Å². The minimum Gasteiger partial charge on any atom is -0.396 e. The highest BCUT2D eigenvalue weighted by Crippen LogP contribution is 2.47. The zero-order chi connectivity index (χ0) is 12.6. The summed E-state index contributed by atoms with van der Waals surface area (Å²) in [5, 5.41) is 4.32. The lowest BCUT2D eigenvalue weighted by molar-refractivity contribution is 0.486. The number of aromatic nitrogens is 2. The Morgan fingerprint density at radius 1 is 1.17 bits per heavy atom. The summed E-state index contributed by atoms with van der Waals surface area (Å²) in [6.45, 7) is 0. The number of benzene rings is 1. The first-order chi connectivity index (χ1) is 8.74. The Morgan fingerprint density at radius 2 is 1.83 bits per heavy atom. The summed E-state index contributed by atoms with van der Waals surface area (Å²) in [6.07, 6.45) is 6.64. The van der Waals surface area contributed by atoms with Gasteiger partial charge in [-0.05, 0) is 18.4 Å². The van der Waals surface area contributed by atoms with Gasteiger partial charge < -0.3 is 5.73 Å². The summed E-state index contributed by atoms with van der Waals surface area (Å²) < 4.78 is 1.95. The summed E-state index contributed by atoms with van der Waals surface area (Å²) in [6, 6.07) is 10.7. The molecule has 3 rings (SSSR count). The summed E-state index contributed by atoms with van der Waals surface area (Å²) in [7, 11) is 1.99. The van der Waals surface area contributed by atoms with Crippen LogP contribution in [-0.4, -0.2) is 9.78 Å². The van der Waals surface area contributed by atoms with Crippen LogP contribution in [0.1, 0.15) is 36.9 Å². The Kier molecular flexibility index (Phi) is 2.62. The number of anilines is 1. The minimum atomic E-state index is 0.0661. The van der Waals surface area contributed by atoms with Gasteiger partial charge in [0, 0.05) is 12.5 Å². The van der Waals surface area contributed by atoms with Gasteiger partial charge in [0.25, 0.3) is 0 Å². The van der Waals surface area contributed by atoms with Crippen LogP contribution in [0, 0.1) is 0 Å². The van der Waals surface area contributed by atoms with Gasteiger partial charge in [-0.25, -0.2) is 0 Å². The maximum Gasteiger partial charge on any atom is 0.0742 e. The van der Waals surface area contributed by atoms with Crippen molar-refractivity contribution in [2.45, 2.75) is 31.1 Å². The van der Waals surface area contributed by atoms with Gasteiger partial charge in [0.2, 0.25) is 0 Å². The van der Waals surface area contributed by atoms with Crippen molar-refractivity contribution in [1.82, 2.24) is 9.78 Å². The molecule has 1 aliphatic rings. The van der Waals surface area contributed by atoms with Crippen molar-refractivity contribution >= 4 is 5.69 Å². The average molecular weight is 241 g/mol. The van der Waals surface area contributed by atoms with Gasteiger partial charge >= 0.3 is 0 Å². The van der Waals surface area contributed by atoms with E-state index in [2.05, 4.69) is 35.4 Å². The molecule has 2 aromatic rings. The highest BCUT2D eigenvalue weighted by atomic mass is 15.3. The molecule has 0 amide bonds. The standard InChI is InChI=1S/C15H19N3/c1-18-14(13(16)11-17-18)15(9-5-6-10-15)12-7-3-2-4-8-12/h2-4,7-8,11H,5-6,9-10,16H2,1H3. The van der Waals surface area contributed by atoms with E-state index in [1.807, 2.05) is 11.7 Å². The van der Waals surface area contributed by atoms with E-state index in [-0.39, 0.29) is 5.41 Å². The highest BCUT2D eigenvalue weighted by Gasteiger charge is 2.40. The molecule has 0 aliphatic heterocycles. The lowest BCUT2D eigenvalue weighted by Gasteiger charge is -2.30. The van der Waals surface area contributed by atoms with E-state index < -0.39 is 0 Å². The van der Waals surface area contributed by atoms with Gasteiger partial charge in [0.15, 0.2) is 0 Å². The third kappa shape index (κ3) is 1.54. The molecule has 0 radical (unpaired) electrons. The Hall–Kier alpha value is -1.77. The van der Waals surface area contributed by atoms with Gasteiger partial charge in [0.1, 0.15) is 0 Å². The first-order valence-corrected chi connectivity index (χ1v) is 6.57. The van der Waals surface area contributed by atoms with E-state index in [0.29, 0.717) is 0 Å². The number of hydrogen-bond donors (Lipinski definition) is 1. The summed E-state index contributed by atoms with van der Waals surface area (Å²) >= 11 is 0. The zero-order valence-corrected chi connectivity index (χ0v) is 10.8. The first-order valence-electron chi connectivity index (χ1n) is 6.57. The fourth-order valence-corrected chi connectivity index (χ4v) is 3.44. The second kappa shape index (κ2) is 4.16. The van der Waals surface area contributed by atoms with Crippen LogP contribution < -0.4 is 5.73 Å². The SMILES string of the molecule is Cn1ncc(N)c1C1(c2ccccc2)CCCC1. The summed E-state index contributed by atoms with van der Waals surface area (Å²) in [5.41, 5.74) is 9.61. The van der Waals surface area contributed by atoms with Gasteiger partial charge in [-0.3, -0.25) is 4.68 Å². The molecule has 2 N–H and O–H groups in total. The summed E-state index contributed by atoms with van der Waals surface area (Å²) in [5.74, 6) is 0. The molecular formula is C15H19N3. The smallest absolute Gasteiger partial charge is 0.0742 e. The van der Waals surface area contributed by atoms with Gasteiger partial charge in [-0.2, -0.15) is 5.10 Å². The molecule has 0 unspecified atom stereocenters. The molecule has 1 aliphatic carbocycles. The normalized spacial score (nSPS) is 18.1. The lowest BCUT2D eigenvalue weighted by Crippen LogP contribution is -2.28. The molecule has 1 fully saturated rings. The van der Waals surface area contributed by atoms with Crippen LogP contribution >= 0.6 is 0 Å². The second-order valence-corrected chi connectivity index (χ2v) is 5.23. The zero-order valence-electron chi connectivity index (χ0n) is 10.8. The van der Waals surface area contributed by atoms with E-state index in [1.165, 1.54) is 36.9 Å². The third-order valence-corrected chi connectivity index (χ3v) is 4.20. The maximum atomic E-state index is 6.16. The molecule has 18 heavy (non-hydrogen) atoms. The van der Waals surface area contributed by atoms with Gasteiger partial charge in [0.05, 0.1) is 17.6 Å². The van der Waals surface area contributed by atoms with Gasteiger partial charge in [-0.1, -0.05) is 43.2 Å². The van der Waals surface area contributed by atoms with Crippen LogP contribution in [0.3, 0.4) is 0 Å². The topological polar surface area (TPSA) is 43.8 Å². The van der Waals surface area contributed by atoms with Crippen molar-refractivity contribution in [3.8, 4) is 0 Å². The number of hydrogen-bond acceptors (Lipinski definition) is 2. The molecule has 1 aromatic heterocycles. The maximum absolute atomic E-state index is 6.16. The molecule has 3 heteroatoms. The van der Waals surface area contributed by atoms with Crippen molar-refractivity contribution in [2.75, 3.05) is 5.73 Å². The van der Waals surface area contributed by atoms with E-state index in [4.69, 9.17) is 5.73 Å². The molecular weight excluding hydrogens is 222 g/mol. The molecule has 94 valence electrons. The quantitative estimate of drug-likeness (QED) is 0.878. The third-order valence-electron chi connectivity index (χ3n) is 4.20. The summed E-state index contributed by atoms with van der Waals surface area (Å²) in [4.78, 5) is 0. The Balaban J connectivity index is 2.19. The van der Waals surface area contributed by atoms with E-state index in [1.54, 1.807) is 6.20 Å².